The molecule has 0 aliphatic carbocycles. The Balaban J connectivity index is 1.52. The van der Waals surface area contributed by atoms with Gasteiger partial charge in [-0.15, -0.1) is 0 Å². The van der Waals surface area contributed by atoms with Crippen molar-refractivity contribution in [3.05, 3.63) is 82.1 Å². The molecule has 9 heteroatoms. The number of aromatic nitrogens is 1. The molecule has 0 unspecified atom stereocenters. The fraction of sp³-hybridized carbons (Fsp3) is 0. The van der Waals surface area contributed by atoms with Crippen LogP contribution in [0.15, 0.2) is 65.1 Å². The maximum Gasteiger partial charge on any atom is 0.260 e. The SMILES string of the molecule is O=C(NC(=S)Nc1cccc(-c2nc3cc(Cl)cc(Cl)c3o2)c1)c1ccccc1F. The second-order valence-corrected chi connectivity index (χ2v) is 7.48. The highest BCUT2D eigenvalue weighted by Crippen LogP contribution is 2.32. The van der Waals surface area contributed by atoms with Crippen molar-refractivity contribution >= 4 is 63.2 Å². The topological polar surface area (TPSA) is 67.2 Å². The number of halogens is 3. The summed E-state index contributed by atoms with van der Waals surface area (Å²) >= 11 is 17.3. The van der Waals surface area contributed by atoms with Crippen molar-refractivity contribution in [2.75, 3.05) is 5.32 Å². The van der Waals surface area contributed by atoms with Crippen molar-refractivity contribution in [3.8, 4) is 11.5 Å². The third-order valence-electron chi connectivity index (χ3n) is 4.12. The Bertz CT molecular complexity index is 1290. The summed E-state index contributed by atoms with van der Waals surface area (Å²) in [5, 5.41) is 6.18. The summed E-state index contributed by atoms with van der Waals surface area (Å²) in [6, 6.07) is 15.9. The van der Waals surface area contributed by atoms with Crippen LogP contribution in [-0.4, -0.2) is 16.0 Å². The third-order valence-corrected chi connectivity index (χ3v) is 4.83. The smallest absolute Gasteiger partial charge is 0.260 e. The van der Waals surface area contributed by atoms with Crippen molar-refractivity contribution in [1.82, 2.24) is 10.3 Å². The first-order valence-corrected chi connectivity index (χ1v) is 9.80. The Morgan fingerprint density at radius 1 is 1.07 bits per heavy atom. The highest BCUT2D eigenvalue weighted by molar-refractivity contribution is 7.80. The summed E-state index contributed by atoms with van der Waals surface area (Å²) in [4.78, 5) is 16.6. The van der Waals surface area contributed by atoms with E-state index in [2.05, 4.69) is 15.6 Å². The lowest BCUT2D eigenvalue weighted by Gasteiger charge is -2.10. The molecule has 0 aliphatic heterocycles. The van der Waals surface area contributed by atoms with Gasteiger partial charge in [-0.2, -0.15) is 0 Å². The molecular formula is C21H12Cl2FN3O2S. The van der Waals surface area contributed by atoms with E-state index < -0.39 is 11.7 Å². The van der Waals surface area contributed by atoms with Crippen LogP contribution in [0.4, 0.5) is 10.1 Å². The zero-order valence-electron chi connectivity index (χ0n) is 15.1. The average molecular weight is 460 g/mol. The van der Waals surface area contributed by atoms with Crippen molar-refractivity contribution in [2.45, 2.75) is 0 Å². The van der Waals surface area contributed by atoms with E-state index in [1.165, 1.54) is 18.2 Å². The molecule has 0 saturated carbocycles. The Kier molecular flexibility index (Phi) is 5.67. The number of thiocarbonyl (C=S) groups is 1. The van der Waals surface area contributed by atoms with Crippen molar-refractivity contribution < 1.29 is 13.6 Å². The van der Waals surface area contributed by atoms with Gasteiger partial charge in [0.25, 0.3) is 5.91 Å². The second-order valence-electron chi connectivity index (χ2n) is 6.22. The Morgan fingerprint density at radius 3 is 2.67 bits per heavy atom. The quantitative estimate of drug-likeness (QED) is 0.364. The van der Waals surface area contributed by atoms with Gasteiger partial charge >= 0.3 is 0 Å². The van der Waals surface area contributed by atoms with E-state index in [0.29, 0.717) is 38.3 Å². The largest absolute Gasteiger partial charge is 0.435 e. The number of hydrogen-bond acceptors (Lipinski definition) is 4. The fourth-order valence-corrected chi connectivity index (χ4v) is 3.52. The summed E-state index contributed by atoms with van der Waals surface area (Å²) in [6.45, 7) is 0. The molecule has 0 fully saturated rings. The van der Waals surface area contributed by atoms with E-state index in [-0.39, 0.29) is 10.7 Å². The highest BCUT2D eigenvalue weighted by Gasteiger charge is 2.14. The lowest BCUT2D eigenvalue weighted by molar-refractivity contribution is 0.0974. The molecule has 3 aromatic carbocycles. The predicted molar refractivity (Wildman–Crippen MR) is 120 cm³/mol. The average Bonchev–Trinajstić information content (AvgIpc) is 3.13. The molecule has 4 aromatic rings. The van der Waals surface area contributed by atoms with Crippen LogP contribution in [0.25, 0.3) is 22.6 Å². The number of anilines is 1. The number of benzene rings is 3. The van der Waals surface area contributed by atoms with Crippen LogP contribution in [0.2, 0.25) is 10.0 Å². The monoisotopic (exact) mass is 459 g/mol. The first-order valence-electron chi connectivity index (χ1n) is 8.63. The van der Waals surface area contributed by atoms with E-state index in [1.807, 2.05) is 0 Å². The van der Waals surface area contributed by atoms with E-state index in [0.717, 1.165) is 0 Å². The fourth-order valence-electron chi connectivity index (χ4n) is 2.79. The van der Waals surface area contributed by atoms with Crippen LogP contribution in [0.5, 0.6) is 0 Å². The summed E-state index contributed by atoms with van der Waals surface area (Å²) in [5.74, 6) is -0.930. The lowest BCUT2D eigenvalue weighted by Crippen LogP contribution is -2.34. The van der Waals surface area contributed by atoms with Crippen LogP contribution in [0.1, 0.15) is 10.4 Å². The molecule has 0 saturated heterocycles. The van der Waals surface area contributed by atoms with E-state index in [4.69, 9.17) is 39.8 Å². The summed E-state index contributed by atoms with van der Waals surface area (Å²) in [6.07, 6.45) is 0. The molecule has 1 aromatic heterocycles. The zero-order chi connectivity index (χ0) is 21.3. The van der Waals surface area contributed by atoms with Gasteiger partial charge in [0.1, 0.15) is 11.3 Å². The van der Waals surface area contributed by atoms with Gasteiger partial charge in [0.2, 0.25) is 5.89 Å². The zero-order valence-corrected chi connectivity index (χ0v) is 17.4. The number of carbonyl (C=O) groups is 1. The molecule has 5 nitrogen and oxygen atoms in total. The molecular weight excluding hydrogens is 448 g/mol. The Labute approximate surface area is 185 Å². The first kappa shape index (κ1) is 20.3. The van der Waals surface area contributed by atoms with Gasteiger partial charge in [0, 0.05) is 16.3 Å². The Morgan fingerprint density at radius 2 is 1.87 bits per heavy atom. The van der Waals surface area contributed by atoms with Crippen LogP contribution in [0.3, 0.4) is 0 Å². The maximum atomic E-state index is 13.7. The molecule has 0 bridgehead atoms. The molecule has 0 aliphatic rings. The van der Waals surface area contributed by atoms with Crippen LogP contribution < -0.4 is 10.6 Å². The van der Waals surface area contributed by atoms with Gasteiger partial charge in [0.05, 0.1) is 10.6 Å². The number of oxazole rings is 1. The van der Waals surface area contributed by atoms with Crippen LogP contribution >= 0.6 is 35.4 Å². The molecule has 1 heterocycles. The standard InChI is InChI=1S/C21H12Cl2FN3O2S/c22-12-9-15(23)18-17(10-12)26-20(29-18)11-4-3-5-13(8-11)25-21(30)27-19(28)14-6-1-2-7-16(14)24/h1-10H,(H2,25,27,28,30). The number of carbonyl (C=O) groups excluding carboxylic acids is 1. The minimum atomic E-state index is -0.646. The number of fused-ring (bicyclic) bond motifs is 1. The van der Waals surface area contributed by atoms with Gasteiger partial charge in [-0.3, -0.25) is 10.1 Å². The molecule has 0 atom stereocenters. The van der Waals surface area contributed by atoms with Gasteiger partial charge < -0.3 is 9.73 Å². The highest BCUT2D eigenvalue weighted by atomic mass is 35.5. The number of nitrogens with one attached hydrogen (secondary N) is 2. The van der Waals surface area contributed by atoms with Crippen molar-refractivity contribution in [2.24, 2.45) is 0 Å². The molecule has 0 spiro atoms. The summed E-state index contributed by atoms with van der Waals surface area (Å²) in [7, 11) is 0. The molecule has 150 valence electrons. The third kappa shape index (κ3) is 4.28. The maximum absolute atomic E-state index is 13.7. The van der Waals surface area contributed by atoms with E-state index in [9.17, 15) is 9.18 Å². The van der Waals surface area contributed by atoms with Crippen molar-refractivity contribution in [3.63, 3.8) is 0 Å². The molecule has 30 heavy (non-hydrogen) atoms. The molecule has 1 amide bonds. The van der Waals surface area contributed by atoms with Crippen LogP contribution in [-0.2, 0) is 0 Å². The van der Waals surface area contributed by atoms with E-state index >= 15 is 0 Å². The van der Waals surface area contributed by atoms with Gasteiger partial charge in [-0.05, 0) is 54.7 Å². The lowest BCUT2D eigenvalue weighted by atomic mass is 10.2. The first-order chi connectivity index (χ1) is 14.4. The number of amides is 1. The second kappa shape index (κ2) is 8.39. The van der Waals surface area contributed by atoms with Crippen molar-refractivity contribution in [1.29, 1.82) is 0 Å². The normalized spacial score (nSPS) is 10.8. The van der Waals surface area contributed by atoms with Gasteiger partial charge in [-0.1, -0.05) is 41.4 Å². The molecule has 2 N–H and O–H groups in total. The number of rotatable bonds is 3. The predicted octanol–water partition coefficient (Wildman–Crippen LogP) is 6.07. The number of hydrogen-bond donors (Lipinski definition) is 2. The van der Waals surface area contributed by atoms with E-state index in [1.54, 1.807) is 42.5 Å². The number of nitrogens with zero attached hydrogens (tertiary/aromatic N) is 1. The van der Waals surface area contributed by atoms with Gasteiger partial charge in [0.15, 0.2) is 10.7 Å². The summed E-state index contributed by atoms with van der Waals surface area (Å²) < 4.78 is 19.5. The minimum absolute atomic E-state index is 0.0211. The summed E-state index contributed by atoms with van der Waals surface area (Å²) in [5.41, 5.74) is 2.11. The molecule has 0 radical (unpaired) electrons. The Hall–Kier alpha value is -3.00. The van der Waals surface area contributed by atoms with Gasteiger partial charge in [-0.25, -0.2) is 9.37 Å². The minimum Gasteiger partial charge on any atom is -0.435 e. The molecule has 4 rings (SSSR count). The van der Waals surface area contributed by atoms with Crippen LogP contribution in [0, 0.1) is 5.82 Å².